The summed E-state index contributed by atoms with van der Waals surface area (Å²) in [6, 6.07) is 17.2. The molecule has 2 aromatic carbocycles. The molecule has 2 fully saturated rings. The number of hydrogen-bond acceptors (Lipinski definition) is 3. The molecule has 2 saturated carbocycles. The van der Waals surface area contributed by atoms with Gasteiger partial charge in [0.15, 0.2) is 0 Å². The first-order chi connectivity index (χ1) is 17.5. The van der Waals surface area contributed by atoms with Crippen molar-refractivity contribution in [1.82, 2.24) is 0 Å². The summed E-state index contributed by atoms with van der Waals surface area (Å²) in [4.78, 5) is 13.8. The van der Waals surface area contributed by atoms with Gasteiger partial charge in [-0.05, 0) is 76.3 Å². The summed E-state index contributed by atoms with van der Waals surface area (Å²) in [7, 11) is 0. The minimum atomic E-state index is -0.609. The SMILES string of the molecule is Cc1ccc(C2(OC(=O)OC3(c4ccc(C)cc4)CCCCCCCC3)CCCCCCCC2)cc1. The van der Waals surface area contributed by atoms with Gasteiger partial charge in [-0.2, -0.15) is 0 Å². The minimum absolute atomic E-state index is 0.491. The molecule has 0 spiro atoms. The highest BCUT2D eigenvalue weighted by atomic mass is 16.7. The summed E-state index contributed by atoms with van der Waals surface area (Å²) in [5.74, 6) is 0. The second-order valence-electron chi connectivity index (χ2n) is 11.4. The average molecular weight is 491 g/mol. The van der Waals surface area contributed by atoms with E-state index in [2.05, 4.69) is 62.4 Å². The van der Waals surface area contributed by atoms with Crippen LogP contribution < -0.4 is 0 Å². The topological polar surface area (TPSA) is 35.5 Å². The van der Waals surface area contributed by atoms with Crippen LogP contribution in [-0.2, 0) is 20.7 Å². The zero-order valence-electron chi connectivity index (χ0n) is 22.7. The summed E-state index contributed by atoms with van der Waals surface area (Å²) < 4.78 is 13.0. The number of aryl methyl sites for hydroxylation is 2. The molecular formula is C33H46O3. The van der Waals surface area contributed by atoms with Crippen molar-refractivity contribution >= 4 is 6.16 Å². The summed E-state index contributed by atoms with van der Waals surface area (Å²) in [6.45, 7) is 4.22. The summed E-state index contributed by atoms with van der Waals surface area (Å²) in [6.07, 6.45) is 17.1. The van der Waals surface area contributed by atoms with Gasteiger partial charge in [0, 0.05) is 0 Å². The molecule has 2 aliphatic carbocycles. The molecule has 3 heteroatoms. The van der Waals surface area contributed by atoms with E-state index >= 15 is 0 Å². The molecule has 36 heavy (non-hydrogen) atoms. The van der Waals surface area contributed by atoms with Crippen molar-refractivity contribution in [1.29, 1.82) is 0 Å². The van der Waals surface area contributed by atoms with Crippen molar-refractivity contribution in [3.8, 4) is 0 Å². The molecule has 0 saturated heterocycles. The Balaban J connectivity index is 1.63. The maximum Gasteiger partial charge on any atom is 0.510 e. The first-order valence-corrected chi connectivity index (χ1v) is 14.6. The number of ether oxygens (including phenoxy) is 2. The van der Waals surface area contributed by atoms with E-state index in [0.717, 1.165) is 62.5 Å². The van der Waals surface area contributed by atoms with Crippen LogP contribution in [0.4, 0.5) is 4.79 Å². The van der Waals surface area contributed by atoms with Crippen molar-refractivity contribution < 1.29 is 14.3 Å². The highest BCUT2D eigenvalue weighted by molar-refractivity contribution is 5.62. The van der Waals surface area contributed by atoms with E-state index < -0.39 is 17.4 Å². The number of carbonyl (C=O) groups excluding carboxylic acids is 1. The number of benzene rings is 2. The number of carbonyl (C=O) groups is 1. The standard InChI is InChI=1S/C33H46O3/c1-27-15-19-29(20-16-27)32(23-11-7-3-4-8-12-24-32)35-31(34)36-33(30-21-17-28(2)18-22-30)25-13-9-5-6-10-14-26-33/h15-22H,3-14,23-26H2,1-2H3. The Kier molecular flexibility index (Phi) is 9.51. The van der Waals surface area contributed by atoms with Crippen molar-refractivity contribution in [2.45, 2.75) is 128 Å². The zero-order chi connectivity index (χ0) is 25.3. The Morgan fingerprint density at radius 1 is 0.500 bits per heavy atom. The number of rotatable bonds is 4. The molecule has 0 N–H and O–H groups in total. The highest BCUT2D eigenvalue weighted by Gasteiger charge is 2.41. The molecule has 2 aromatic rings. The van der Waals surface area contributed by atoms with Crippen LogP contribution in [0.15, 0.2) is 48.5 Å². The van der Waals surface area contributed by atoms with E-state index in [9.17, 15) is 4.79 Å². The first kappa shape index (κ1) is 26.8. The molecule has 0 radical (unpaired) electrons. The van der Waals surface area contributed by atoms with Gasteiger partial charge in [0.1, 0.15) is 11.2 Å². The monoisotopic (exact) mass is 490 g/mol. The van der Waals surface area contributed by atoms with Gasteiger partial charge in [0.05, 0.1) is 0 Å². The third-order valence-corrected chi connectivity index (χ3v) is 8.54. The molecule has 0 amide bonds. The second kappa shape index (κ2) is 12.8. The Hall–Kier alpha value is -2.29. The molecular weight excluding hydrogens is 444 g/mol. The van der Waals surface area contributed by atoms with E-state index in [-0.39, 0.29) is 0 Å². The molecule has 3 nitrogen and oxygen atoms in total. The molecule has 196 valence electrons. The van der Waals surface area contributed by atoms with Gasteiger partial charge in [0.25, 0.3) is 0 Å². The van der Waals surface area contributed by atoms with Crippen molar-refractivity contribution in [2.24, 2.45) is 0 Å². The zero-order valence-corrected chi connectivity index (χ0v) is 22.7. The Morgan fingerprint density at radius 2 is 0.778 bits per heavy atom. The Bertz CT molecular complexity index is 846. The maximum atomic E-state index is 13.8. The summed E-state index contributed by atoms with van der Waals surface area (Å²) in [5, 5.41) is 0. The predicted molar refractivity (Wildman–Crippen MR) is 147 cm³/mol. The van der Waals surface area contributed by atoms with Crippen LogP contribution in [-0.4, -0.2) is 6.16 Å². The molecule has 0 aromatic heterocycles. The molecule has 4 rings (SSSR count). The third kappa shape index (κ3) is 6.93. The van der Waals surface area contributed by atoms with Crippen LogP contribution in [0, 0.1) is 13.8 Å². The third-order valence-electron chi connectivity index (χ3n) is 8.54. The Labute approximate surface area is 219 Å². The first-order valence-electron chi connectivity index (χ1n) is 14.6. The van der Waals surface area contributed by atoms with Crippen LogP contribution >= 0.6 is 0 Å². The van der Waals surface area contributed by atoms with Crippen LogP contribution in [0.2, 0.25) is 0 Å². The van der Waals surface area contributed by atoms with Crippen molar-refractivity contribution in [2.75, 3.05) is 0 Å². The minimum Gasteiger partial charge on any atom is -0.423 e. The second-order valence-corrected chi connectivity index (χ2v) is 11.4. The van der Waals surface area contributed by atoms with Gasteiger partial charge in [-0.1, -0.05) is 111 Å². The van der Waals surface area contributed by atoms with E-state index in [1.165, 1.54) is 62.5 Å². The fraction of sp³-hybridized carbons (Fsp3) is 0.606. The number of hydrogen-bond donors (Lipinski definition) is 0. The normalized spacial score (nSPS) is 20.9. The van der Waals surface area contributed by atoms with E-state index in [1.54, 1.807) is 0 Å². The molecule has 0 unspecified atom stereocenters. The van der Waals surface area contributed by atoms with Crippen LogP contribution in [0.1, 0.15) is 125 Å². The summed E-state index contributed by atoms with van der Waals surface area (Å²) in [5.41, 5.74) is 3.47. The van der Waals surface area contributed by atoms with E-state index in [1.807, 2.05) is 0 Å². The van der Waals surface area contributed by atoms with Crippen LogP contribution in [0.25, 0.3) is 0 Å². The van der Waals surface area contributed by atoms with Gasteiger partial charge >= 0.3 is 6.16 Å². The van der Waals surface area contributed by atoms with E-state index in [0.29, 0.717) is 0 Å². The maximum absolute atomic E-state index is 13.8. The van der Waals surface area contributed by atoms with Crippen molar-refractivity contribution in [3.63, 3.8) is 0 Å². The van der Waals surface area contributed by atoms with Crippen LogP contribution in [0.5, 0.6) is 0 Å². The Morgan fingerprint density at radius 3 is 1.08 bits per heavy atom. The average Bonchev–Trinajstić information content (AvgIpc) is 3.06. The molecule has 0 aliphatic heterocycles. The molecule has 0 bridgehead atoms. The van der Waals surface area contributed by atoms with Gasteiger partial charge in [-0.15, -0.1) is 0 Å². The highest BCUT2D eigenvalue weighted by Crippen LogP contribution is 2.42. The van der Waals surface area contributed by atoms with Gasteiger partial charge < -0.3 is 9.47 Å². The predicted octanol–water partition coefficient (Wildman–Crippen LogP) is 9.82. The lowest BCUT2D eigenvalue weighted by atomic mass is 9.83. The summed E-state index contributed by atoms with van der Waals surface area (Å²) >= 11 is 0. The smallest absolute Gasteiger partial charge is 0.423 e. The fourth-order valence-corrected chi connectivity index (χ4v) is 6.26. The molecule has 0 atom stereocenters. The van der Waals surface area contributed by atoms with Gasteiger partial charge in [-0.3, -0.25) is 0 Å². The lowest BCUT2D eigenvalue weighted by molar-refractivity contribution is -0.100. The lowest BCUT2D eigenvalue weighted by Gasteiger charge is -2.38. The van der Waals surface area contributed by atoms with Crippen molar-refractivity contribution in [3.05, 3.63) is 70.8 Å². The molecule has 0 heterocycles. The van der Waals surface area contributed by atoms with Gasteiger partial charge in [-0.25, -0.2) is 4.79 Å². The van der Waals surface area contributed by atoms with E-state index in [4.69, 9.17) is 9.47 Å². The fourth-order valence-electron chi connectivity index (χ4n) is 6.26. The van der Waals surface area contributed by atoms with Gasteiger partial charge in [0.2, 0.25) is 0 Å². The van der Waals surface area contributed by atoms with Crippen LogP contribution in [0.3, 0.4) is 0 Å². The quantitative estimate of drug-likeness (QED) is 0.400. The largest absolute Gasteiger partial charge is 0.510 e. The molecule has 2 aliphatic rings. The lowest BCUT2D eigenvalue weighted by Crippen LogP contribution is -2.38.